The number of hydrogen-bond donors (Lipinski definition) is 5. The van der Waals surface area contributed by atoms with Crippen molar-refractivity contribution in [3.8, 4) is 0 Å². The number of hydrogen-bond acceptors (Lipinski definition) is 7. The smallest absolute Gasteiger partial charge is 0.327 e. The van der Waals surface area contributed by atoms with E-state index in [9.17, 15) is 15.3 Å². The second-order valence-electron chi connectivity index (χ2n) is 3.70. The first-order valence-corrected chi connectivity index (χ1v) is 4.92. The minimum atomic E-state index is -1.43. The van der Waals surface area contributed by atoms with Crippen LogP contribution in [0.15, 0.2) is 35.4 Å². The summed E-state index contributed by atoms with van der Waals surface area (Å²) in [4.78, 5) is 0. The maximum atomic E-state index is 9.44. The zero-order valence-corrected chi connectivity index (χ0v) is 8.65. The average Bonchev–Trinajstić information content (AvgIpc) is 2.69. The van der Waals surface area contributed by atoms with E-state index in [0.717, 1.165) is 0 Å². The molecule has 3 atom stereocenters. The van der Waals surface area contributed by atoms with Crippen LogP contribution in [0.5, 0.6) is 0 Å². The third-order valence-corrected chi connectivity index (χ3v) is 2.43. The summed E-state index contributed by atoms with van der Waals surface area (Å²) >= 11 is 0. The van der Waals surface area contributed by atoms with Crippen molar-refractivity contribution in [2.75, 3.05) is 0 Å². The fraction of sp³-hybridized carbons (Fsp3) is 0.400. The van der Waals surface area contributed by atoms with Gasteiger partial charge in [-0.1, -0.05) is 12.2 Å². The minimum Gasteiger partial charge on any atom is -0.503 e. The molecule has 0 spiro atoms. The van der Waals surface area contributed by atoms with Gasteiger partial charge in [0.25, 0.3) is 6.29 Å². The normalized spacial score (nSPS) is 33.1. The lowest BCUT2D eigenvalue weighted by Gasteiger charge is -2.25. The van der Waals surface area contributed by atoms with E-state index < -0.39 is 41.7 Å². The van der Waals surface area contributed by atoms with Crippen LogP contribution in [-0.4, -0.2) is 44.0 Å². The molecule has 7 nitrogen and oxygen atoms in total. The molecule has 1 aliphatic carbocycles. The molecule has 0 aromatic rings. The maximum Gasteiger partial charge on any atom is 0.327 e. The standard InChI is InChI=1S/C10H12O7/c11-4-1-2-5(3-4)16-10-8(14)6(12)7(13)9(15)17-10/h1-2,4-5,10-15H,3H2/t4-,5+,10?/m0/s1. The fourth-order valence-electron chi connectivity index (χ4n) is 1.55. The summed E-state index contributed by atoms with van der Waals surface area (Å²) in [7, 11) is 0. The molecule has 0 fully saturated rings. The van der Waals surface area contributed by atoms with E-state index >= 15 is 0 Å². The van der Waals surface area contributed by atoms with Gasteiger partial charge in [0.05, 0.1) is 12.2 Å². The van der Waals surface area contributed by atoms with Crippen molar-refractivity contribution in [3.63, 3.8) is 0 Å². The van der Waals surface area contributed by atoms with Gasteiger partial charge in [-0.05, 0) is 0 Å². The van der Waals surface area contributed by atoms with Crippen molar-refractivity contribution in [1.82, 2.24) is 0 Å². The van der Waals surface area contributed by atoms with Crippen LogP contribution in [-0.2, 0) is 9.47 Å². The summed E-state index contributed by atoms with van der Waals surface area (Å²) in [6.07, 6.45) is 0.781. The Morgan fingerprint density at radius 2 is 1.82 bits per heavy atom. The van der Waals surface area contributed by atoms with E-state index in [4.69, 9.17) is 14.9 Å². The first-order valence-electron chi connectivity index (χ1n) is 4.92. The second-order valence-corrected chi connectivity index (χ2v) is 3.70. The van der Waals surface area contributed by atoms with E-state index in [-0.39, 0.29) is 6.42 Å². The molecule has 94 valence electrons. The molecule has 17 heavy (non-hydrogen) atoms. The van der Waals surface area contributed by atoms with Crippen molar-refractivity contribution in [2.24, 2.45) is 0 Å². The van der Waals surface area contributed by atoms with Gasteiger partial charge in [0.15, 0.2) is 0 Å². The summed E-state index contributed by atoms with van der Waals surface area (Å²) in [5.41, 5.74) is 0. The Labute approximate surface area is 96.1 Å². The third-order valence-electron chi connectivity index (χ3n) is 2.43. The molecule has 0 saturated carbocycles. The van der Waals surface area contributed by atoms with Gasteiger partial charge in [-0.2, -0.15) is 0 Å². The van der Waals surface area contributed by atoms with Crippen LogP contribution in [0.4, 0.5) is 0 Å². The van der Waals surface area contributed by atoms with Crippen LogP contribution in [0.3, 0.4) is 0 Å². The molecular formula is C10H12O7. The number of ether oxygens (including phenoxy) is 2. The van der Waals surface area contributed by atoms with Gasteiger partial charge >= 0.3 is 5.95 Å². The zero-order chi connectivity index (χ0) is 12.6. The first kappa shape index (κ1) is 11.6. The van der Waals surface area contributed by atoms with Crippen LogP contribution >= 0.6 is 0 Å². The van der Waals surface area contributed by atoms with Gasteiger partial charge in [0.2, 0.25) is 17.3 Å². The molecule has 5 N–H and O–H groups in total. The molecule has 2 aliphatic rings. The molecule has 1 unspecified atom stereocenters. The predicted molar refractivity (Wildman–Crippen MR) is 54.1 cm³/mol. The lowest BCUT2D eigenvalue weighted by Crippen LogP contribution is -2.30. The first-order chi connectivity index (χ1) is 7.99. The van der Waals surface area contributed by atoms with E-state index in [2.05, 4.69) is 4.74 Å². The van der Waals surface area contributed by atoms with Gasteiger partial charge in [0.1, 0.15) is 0 Å². The molecule has 0 aromatic heterocycles. The monoisotopic (exact) mass is 244 g/mol. The van der Waals surface area contributed by atoms with E-state index in [1.54, 1.807) is 6.08 Å². The largest absolute Gasteiger partial charge is 0.503 e. The maximum absolute atomic E-state index is 9.44. The molecule has 0 saturated heterocycles. The van der Waals surface area contributed by atoms with Crippen LogP contribution in [0, 0.1) is 0 Å². The van der Waals surface area contributed by atoms with Crippen molar-refractivity contribution < 1.29 is 35.0 Å². The average molecular weight is 244 g/mol. The lowest BCUT2D eigenvalue weighted by molar-refractivity contribution is -0.165. The summed E-state index contributed by atoms with van der Waals surface area (Å²) < 4.78 is 9.84. The van der Waals surface area contributed by atoms with Crippen molar-refractivity contribution in [1.29, 1.82) is 0 Å². The lowest BCUT2D eigenvalue weighted by atomic mass is 10.2. The Balaban J connectivity index is 2.07. The molecule has 2 rings (SSSR count). The van der Waals surface area contributed by atoms with E-state index in [1.165, 1.54) is 6.08 Å². The molecule has 0 aromatic carbocycles. The van der Waals surface area contributed by atoms with Gasteiger partial charge in [0, 0.05) is 6.42 Å². The highest BCUT2D eigenvalue weighted by atomic mass is 16.7. The highest BCUT2D eigenvalue weighted by Gasteiger charge is 2.34. The van der Waals surface area contributed by atoms with Crippen molar-refractivity contribution >= 4 is 0 Å². The highest BCUT2D eigenvalue weighted by molar-refractivity contribution is 5.25. The fourth-order valence-corrected chi connectivity index (χ4v) is 1.55. The van der Waals surface area contributed by atoms with E-state index in [0.29, 0.717) is 0 Å². The third kappa shape index (κ3) is 2.15. The number of aliphatic hydroxyl groups excluding tert-OH is 5. The molecule has 0 bridgehead atoms. The van der Waals surface area contributed by atoms with E-state index in [1.807, 2.05) is 0 Å². The number of aliphatic hydroxyl groups is 5. The summed E-state index contributed by atoms with van der Waals surface area (Å²) in [6.45, 7) is 0. The van der Waals surface area contributed by atoms with Gasteiger partial charge in [-0.25, -0.2) is 0 Å². The molecule has 0 amide bonds. The summed E-state index contributed by atoms with van der Waals surface area (Å²) in [5.74, 6) is -3.53. The topological polar surface area (TPSA) is 120 Å². The van der Waals surface area contributed by atoms with Crippen LogP contribution in [0.1, 0.15) is 6.42 Å². The SMILES string of the molecule is OC1=C(O)C(O)=C(O)C(O[C@@H]2C=C[C@H](O)C2)O1. The quantitative estimate of drug-likeness (QED) is 0.452. The zero-order valence-electron chi connectivity index (χ0n) is 8.65. The van der Waals surface area contributed by atoms with Crippen LogP contribution in [0.2, 0.25) is 0 Å². The Hall–Kier alpha value is -1.86. The second kappa shape index (κ2) is 4.19. The molecular weight excluding hydrogens is 232 g/mol. The molecule has 7 heteroatoms. The molecule has 0 radical (unpaired) electrons. The Morgan fingerprint density at radius 1 is 1.12 bits per heavy atom. The van der Waals surface area contributed by atoms with Crippen LogP contribution in [0.25, 0.3) is 0 Å². The van der Waals surface area contributed by atoms with Crippen molar-refractivity contribution in [2.45, 2.75) is 24.9 Å². The van der Waals surface area contributed by atoms with Crippen molar-refractivity contribution in [3.05, 3.63) is 35.4 Å². The Bertz CT molecular complexity index is 409. The van der Waals surface area contributed by atoms with Gasteiger partial charge in [-0.15, -0.1) is 0 Å². The van der Waals surface area contributed by atoms with Gasteiger partial charge in [-0.3, -0.25) is 0 Å². The summed E-state index contributed by atoms with van der Waals surface area (Å²) in [6, 6.07) is 0. The minimum absolute atomic E-state index is 0.282. The van der Waals surface area contributed by atoms with Crippen LogP contribution < -0.4 is 0 Å². The molecule has 1 aliphatic heterocycles. The summed E-state index contributed by atoms with van der Waals surface area (Å²) in [5, 5.41) is 46.1. The predicted octanol–water partition coefficient (Wildman–Crippen LogP) is 0.661. The highest BCUT2D eigenvalue weighted by Crippen LogP contribution is 2.27. The molecule has 1 heterocycles. The Morgan fingerprint density at radius 3 is 2.41 bits per heavy atom. The number of rotatable bonds is 2. The Kier molecular flexibility index (Phi) is 2.86. The van der Waals surface area contributed by atoms with Gasteiger partial charge < -0.3 is 35.0 Å².